The zero-order chi connectivity index (χ0) is 18.8. The molecule has 0 spiro atoms. The van der Waals surface area contributed by atoms with Crippen LogP contribution in [0.5, 0.6) is 0 Å². The van der Waals surface area contributed by atoms with E-state index in [2.05, 4.69) is 10.3 Å². The number of halogens is 1. The van der Waals surface area contributed by atoms with Gasteiger partial charge in [0.2, 0.25) is 0 Å². The Bertz CT molecular complexity index is 1140. The third-order valence-electron chi connectivity index (χ3n) is 4.18. The average molecular weight is 359 g/mol. The van der Waals surface area contributed by atoms with Crippen molar-refractivity contribution in [3.8, 4) is 11.1 Å². The summed E-state index contributed by atoms with van der Waals surface area (Å²) in [6.45, 7) is 0. The lowest BCUT2D eigenvalue weighted by Gasteiger charge is -2.07. The second-order valence-electron chi connectivity index (χ2n) is 5.93. The summed E-state index contributed by atoms with van der Waals surface area (Å²) >= 11 is 0. The van der Waals surface area contributed by atoms with Crippen LogP contribution < -0.4 is 5.32 Å². The minimum Gasteiger partial charge on any atom is -0.319 e. The van der Waals surface area contributed by atoms with Crippen molar-refractivity contribution in [3.63, 3.8) is 0 Å². The van der Waals surface area contributed by atoms with Crippen LogP contribution in [0.15, 0.2) is 79.3 Å². The number of amides is 1. The quantitative estimate of drug-likeness (QED) is 0.443. The van der Waals surface area contributed by atoms with Crippen LogP contribution in [0.25, 0.3) is 16.6 Å². The number of pyridine rings is 2. The molecule has 0 fully saturated rings. The Morgan fingerprint density at radius 2 is 1.81 bits per heavy atom. The van der Waals surface area contributed by atoms with E-state index >= 15 is 0 Å². The fraction of sp³-hybridized carbons (Fsp3) is 0. The molecule has 0 saturated heterocycles. The Hall–Kier alpha value is -3.80. The zero-order valence-electron chi connectivity index (χ0n) is 14.1. The van der Waals surface area contributed by atoms with Crippen LogP contribution in [0.4, 0.5) is 10.1 Å². The Morgan fingerprint density at radius 1 is 1.00 bits per heavy atom. The molecule has 0 bridgehead atoms. The monoisotopic (exact) mass is 359 g/mol. The number of fused-ring (bicyclic) bond motifs is 1. The maximum absolute atomic E-state index is 13.0. The third-order valence-corrected chi connectivity index (χ3v) is 4.18. The van der Waals surface area contributed by atoms with Crippen LogP contribution in [0, 0.1) is 5.82 Å². The van der Waals surface area contributed by atoms with Gasteiger partial charge in [-0.3, -0.25) is 14.6 Å². The second-order valence-corrected chi connectivity index (χ2v) is 5.93. The van der Waals surface area contributed by atoms with Gasteiger partial charge in [-0.1, -0.05) is 12.1 Å². The van der Waals surface area contributed by atoms with Gasteiger partial charge in [0.05, 0.1) is 0 Å². The standard InChI is InChI=1S/C21H14FN3O2/c22-15-6-8-16(9-7-15)24-21(27)20(26)19-18(14-4-3-10-23-13-14)12-17-5-1-2-11-25(17)19/h1-13H,(H,24,27). The van der Waals surface area contributed by atoms with Crippen LogP contribution in [0.1, 0.15) is 10.5 Å². The van der Waals surface area contributed by atoms with Gasteiger partial charge < -0.3 is 9.72 Å². The van der Waals surface area contributed by atoms with Crippen molar-refractivity contribution in [2.45, 2.75) is 0 Å². The van der Waals surface area contributed by atoms with Crippen LogP contribution >= 0.6 is 0 Å². The molecular formula is C21H14FN3O2. The first-order valence-electron chi connectivity index (χ1n) is 8.25. The summed E-state index contributed by atoms with van der Waals surface area (Å²) in [6, 6.07) is 16.2. The van der Waals surface area contributed by atoms with Crippen LogP contribution in [-0.4, -0.2) is 21.1 Å². The van der Waals surface area contributed by atoms with Crippen LogP contribution in [0.3, 0.4) is 0 Å². The average Bonchev–Trinajstić information content (AvgIpc) is 3.09. The molecule has 3 aromatic heterocycles. The van der Waals surface area contributed by atoms with Gasteiger partial charge in [0.1, 0.15) is 11.5 Å². The van der Waals surface area contributed by atoms with E-state index in [-0.39, 0.29) is 5.69 Å². The van der Waals surface area contributed by atoms with Crippen molar-refractivity contribution in [2.75, 3.05) is 5.32 Å². The number of carbonyl (C=O) groups excluding carboxylic acids is 2. The highest BCUT2D eigenvalue weighted by Gasteiger charge is 2.24. The highest BCUT2D eigenvalue weighted by molar-refractivity contribution is 6.47. The van der Waals surface area contributed by atoms with Crippen molar-refractivity contribution >= 4 is 22.9 Å². The molecule has 1 N–H and O–H groups in total. The van der Waals surface area contributed by atoms with Crippen LogP contribution in [0.2, 0.25) is 0 Å². The molecule has 3 heterocycles. The summed E-state index contributed by atoms with van der Waals surface area (Å²) in [7, 11) is 0. The predicted octanol–water partition coefficient (Wildman–Crippen LogP) is 3.96. The molecule has 6 heteroatoms. The number of benzene rings is 1. The molecule has 4 aromatic rings. The van der Waals surface area contributed by atoms with Crippen molar-refractivity contribution in [3.05, 3.63) is 90.8 Å². The molecule has 4 rings (SSSR count). The number of ketones is 1. The summed E-state index contributed by atoms with van der Waals surface area (Å²) in [4.78, 5) is 29.6. The molecule has 0 aliphatic heterocycles. The fourth-order valence-electron chi connectivity index (χ4n) is 2.93. The topological polar surface area (TPSA) is 63.5 Å². The molecule has 1 amide bonds. The predicted molar refractivity (Wildman–Crippen MR) is 100.0 cm³/mol. The molecule has 132 valence electrons. The Balaban J connectivity index is 1.76. The number of aromatic nitrogens is 2. The minimum absolute atomic E-state index is 0.248. The lowest BCUT2D eigenvalue weighted by molar-refractivity contribution is -0.112. The third kappa shape index (κ3) is 3.20. The number of hydrogen-bond acceptors (Lipinski definition) is 3. The van der Waals surface area contributed by atoms with E-state index in [4.69, 9.17) is 0 Å². The molecule has 5 nitrogen and oxygen atoms in total. The van der Waals surface area contributed by atoms with E-state index in [9.17, 15) is 14.0 Å². The van der Waals surface area contributed by atoms with Crippen molar-refractivity contribution in [1.29, 1.82) is 0 Å². The number of nitrogens with one attached hydrogen (secondary N) is 1. The van der Waals surface area contributed by atoms with E-state index < -0.39 is 17.5 Å². The Morgan fingerprint density at radius 3 is 2.56 bits per heavy atom. The van der Waals surface area contributed by atoms with E-state index in [1.165, 1.54) is 24.3 Å². The van der Waals surface area contributed by atoms with E-state index in [1.54, 1.807) is 35.1 Å². The maximum atomic E-state index is 13.0. The van der Waals surface area contributed by atoms with Crippen molar-refractivity contribution in [2.24, 2.45) is 0 Å². The first-order valence-corrected chi connectivity index (χ1v) is 8.25. The van der Waals surface area contributed by atoms with Gasteiger partial charge in [0.15, 0.2) is 0 Å². The molecule has 0 aliphatic carbocycles. The number of Topliss-reactive ketones (excluding diaryl/α,β-unsaturated/α-hetero) is 1. The molecule has 27 heavy (non-hydrogen) atoms. The van der Waals surface area contributed by atoms with Crippen molar-refractivity contribution < 1.29 is 14.0 Å². The van der Waals surface area contributed by atoms with Gasteiger partial charge in [0.25, 0.3) is 11.7 Å². The summed E-state index contributed by atoms with van der Waals surface area (Å²) < 4.78 is 14.7. The maximum Gasteiger partial charge on any atom is 0.298 e. The smallest absolute Gasteiger partial charge is 0.298 e. The summed E-state index contributed by atoms with van der Waals surface area (Å²) in [5.41, 5.74) is 2.73. The molecule has 0 atom stereocenters. The molecule has 0 aliphatic rings. The lowest BCUT2D eigenvalue weighted by atomic mass is 10.1. The van der Waals surface area contributed by atoms with Crippen molar-refractivity contribution in [1.82, 2.24) is 9.38 Å². The van der Waals surface area contributed by atoms with Gasteiger partial charge >= 0.3 is 0 Å². The van der Waals surface area contributed by atoms with E-state index in [0.717, 1.165) is 11.1 Å². The van der Waals surface area contributed by atoms with Gasteiger partial charge in [-0.25, -0.2) is 4.39 Å². The van der Waals surface area contributed by atoms with E-state index in [1.807, 2.05) is 24.3 Å². The first-order chi connectivity index (χ1) is 13.1. The normalized spacial score (nSPS) is 10.7. The van der Waals surface area contributed by atoms with Gasteiger partial charge in [-0.2, -0.15) is 0 Å². The lowest BCUT2D eigenvalue weighted by Crippen LogP contribution is -2.24. The van der Waals surface area contributed by atoms with Gasteiger partial charge in [0, 0.05) is 40.9 Å². The van der Waals surface area contributed by atoms with E-state index in [0.29, 0.717) is 11.3 Å². The molecule has 0 unspecified atom stereocenters. The first kappa shape index (κ1) is 16.7. The summed E-state index contributed by atoms with van der Waals surface area (Å²) in [5, 5.41) is 2.52. The molecule has 1 aromatic carbocycles. The zero-order valence-corrected chi connectivity index (χ0v) is 14.1. The highest BCUT2D eigenvalue weighted by Crippen LogP contribution is 2.28. The Kier molecular flexibility index (Phi) is 4.22. The van der Waals surface area contributed by atoms with Crippen LogP contribution in [-0.2, 0) is 4.79 Å². The number of anilines is 1. The highest BCUT2D eigenvalue weighted by atomic mass is 19.1. The SMILES string of the molecule is O=C(Nc1ccc(F)cc1)C(=O)c1c(-c2cccnc2)cc2ccccn12. The summed E-state index contributed by atoms with van der Waals surface area (Å²) in [6.07, 6.45) is 5.01. The largest absolute Gasteiger partial charge is 0.319 e. The fourth-order valence-corrected chi connectivity index (χ4v) is 2.93. The molecule has 0 saturated carbocycles. The molecular weight excluding hydrogens is 345 g/mol. The minimum atomic E-state index is -0.796. The number of carbonyl (C=O) groups is 2. The summed E-state index contributed by atoms with van der Waals surface area (Å²) in [5.74, 6) is -1.91. The second kappa shape index (κ2) is 6.84. The number of hydrogen-bond donors (Lipinski definition) is 1. The number of nitrogens with zero attached hydrogens (tertiary/aromatic N) is 2. The number of rotatable bonds is 4. The molecule has 0 radical (unpaired) electrons. The van der Waals surface area contributed by atoms with Gasteiger partial charge in [-0.15, -0.1) is 0 Å². The Labute approximate surface area is 154 Å². The van der Waals surface area contributed by atoms with Gasteiger partial charge in [-0.05, 0) is 48.5 Å².